The normalized spacial score (nSPS) is 21.6. The van der Waals surface area contributed by atoms with Gasteiger partial charge in [0.15, 0.2) is 5.11 Å². The monoisotopic (exact) mass is 302 g/mol. The van der Waals surface area contributed by atoms with Crippen molar-refractivity contribution in [1.29, 1.82) is 0 Å². The second-order valence-corrected chi connectivity index (χ2v) is 5.32. The number of methoxy groups -OCH3 is 1. The van der Waals surface area contributed by atoms with Gasteiger partial charge in [-0.05, 0) is 36.5 Å². The number of ether oxygens (including phenoxy) is 1. The van der Waals surface area contributed by atoms with Crippen molar-refractivity contribution in [2.24, 2.45) is 0 Å². The van der Waals surface area contributed by atoms with Gasteiger partial charge in [-0.25, -0.2) is 0 Å². The molecule has 0 radical (unpaired) electrons. The van der Waals surface area contributed by atoms with Crippen LogP contribution in [0.3, 0.4) is 0 Å². The molecule has 5 nitrogen and oxygen atoms in total. The van der Waals surface area contributed by atoms with E-state index < -0.39 is 0 Å². The molecule has 1 saturated heterocycles. The Morgan fingerprint density at radius 1 is 1.33 bits per heavy atom. The van der Waals surface area contributed by atoms with Crippen molar-refractivity contribution >= 4 is 17.3 Å². The number of nitrogens with zero attached hydrogens (tertiary/aromatic N) is 2. The first-order valence-corrected chi connectivity index (χ1v) is 7.32. The third-order valence-electron chi connectivity index (χ3n) is 3.67. The van der Waals surface area contributed by atoms with Crippen LogP contribution in [0, 0.1) is 0 Å². The lowest BCUT2D eigenvalue weighted by molar-refractivity contribution is 0.163. The molecular formula is C15H18N4OS. The van der Waals surface area contributed by atoms with Crippen molar-refractivity contribution in [1.82, 2.24) is 20.2 Å². The fraction of sp³-hybridized carbons (Fsp3) is 0.333. The second-order valence-electron chi connectivity index (χ2n) is 4.94. The summed E-state index contributed by atoms with van der Waals surface area (Å²) in [6, 6.07) is 10.2. The maximum absolute atomic E-state index is 5.50. The molecule has 110 valence electrons. The summed E-state index contributed by atoms with van der Waals surface area (Å²) >= 11 is 5.50. The van der Waals surface area contributed by atoms with E-state index in [1.807, 2.05) is 36.7 Å². The standard InChI is InChI=1S/C15H18N4OS/c1-20-10-9-19-14(12-6-4-8-17-12)13(18-15(19)21)11-5-2-3-7-16-11/h2-8,13-14,17H,9-10H2,1H3,(H,18,21)/t13-,14-/m1/s1. The quantitative estimate of drug-likeness (QED) is 0.828. The molecule has 21 heavy (non-hydrogen) atoms. The lowest BCUT2D eigenvalue weighted by Gasteiger charge is -2.26. The first-order chi connectivity index (χ1) is 10.3. The summed E-state index contributed by atoms with van der Waals surface area (Å²) in [7, 11) is 1.70. The highest BCUT2D eigenvalue weighted by atomic mass is 32.1. The fourth-order valence-corrected chi connectivity index (χ4v) is 3.03. The minimum Gasteiger partial charge on any atom is -0.383 e. The zero-order valence-corrected chi connectivity index (χ0v) is 12.6. The number of aromatic amines is 1. The summed E-state index contributed by atoms with van der Waals surface area (Å²) < 4.78 is 5.20. The van der Waals surface area contributed by atoms with Crippen LogP contribution < -0.4 is 5.32 Å². The Balaban J connectivity index is 1.94. The van der Waals surface area contributed by atoms with Gasteiger partial charge in [0.05, 0.1) is 24.4 Å². The SMILES string of the molecule is COCCN1C(=S)N[C@H](c2ccccn2)[C@H]1c1ccc[nH]1. The van der Waals surface area contributed by atoms with E-state index in [0.717, 1.165) is 23.0 Å². The van der Waals surface area contributed by atoms with Gasteiger partial charge in [0.1, 0.15) is 0 Å². The third kappa shape index (κ3) is 2.77. The molecule has 2 N–H and O–H groups in total. The van der Waals surface area contributed by atoms with E-state index in [1.54, 1.807) is 7.11 Å². The van der Waals surface area contributed by atoms with E-state index in [4.69, 9.17) is 17.0 Å². The molecular weight excluding hydrogens is 284 g/mol. The molecule has 0 saturated carbocycles. The molecule has 6 heteroatoms. The van der Waals surface area contributed by atoms with Crippen LogP contribution in [0.4, 0.5) is 0 Å². The zero-order valence-electron chi connectivity index (χ0n) is 11.8. The smallest absolute Gasteiger partial charge is 0.170 e. The van der Waals surface area contributed by atoms with E-state index in [1.165, 1.54) is 0 Å². The van der Waals surface area contributed by atoms with E-state index >= 15 is 0 Å². The van der Waals surface area contributed by atoms with Crippen LogP contribution in [-0.2, 0) is 4.74 Å². The lowest BCUT2D eigenvalue weighted by atomic mass is 10.0. The van der Waals surface area contributed by atoms with Crippen molar-refractivity contribution in [2.75, 3.05) is 20.3 Å². The van der Waals surface area contributed by atoms with Crippen molar-refractivity contribution in [3.8, 4) is 0 Å². The highest BCUT2D eigenvalue weighted by molar-refractivity contribution is 7.80. The summed E-state index contributed by atoms with van der Waals surface area (Å²) in [4.78, 5) is 9.93. The summed E-state index contributed by atoms with van der Waals surface area (Å²) in [5.74, 6) is 0. The maximum Gasteiger partial charge on any atom is 0.170 e. The average molecular weight is 302 g/mol. The van der Waals surface area contributed by atoms with Gasteiger partial charge >= 0.3 is 0 Å². The van der Waals surface area contributed by atoms with Gasteiger partial charge in [0, 0.05) is 31.7 Å². The van der Waals surface area contributed by atoms with Gasteiger partial charge in [-0.1, -0.05) is 6.07 Å². The summed E-state index contributed by atoms with van der Waals surface area (Å²) in [6.45, 7) is 1.38. The van der Waals surface area contributed by atoms with Gasteiger partial charge in [-0.2, -0.15) is 0 Å². The molecule has 2 aromatic heterocycles. The van der Waals surface area contributed by atoms with Crippen molar-refractivity contribution in [3.63, 3.8) is 0 Å². The molecule has 3 heterocycles. The summed E-state index contributed by atoms with van der Waals surface area (Å²) in [5.41, 5.74) is 2.11. The van der Waals surface area contributed by atoms with Gasteiger partial charge in [0.25, 0.3) is 0 Å². The molecule has 2 atom stereocenters. The minimum absolute atomic E-state index is 0.0363. The highest BCUT2D eigenvalue weighted by Crippen LogP contribution is 2.37. The molecule has 1 fully saturated rings. The molecule has 0 unspecified atom stereocenters. The Hall–Kier alpha value is -1.92. The first kappa shape index (κ1) is 14.0. The molecule has 1 aliphatic heterocycles. The summed E-state index contributed by atoms with van der Waals surface area (Å²) in [6.07, 6.45) is 3.74. The second kappa shape index (κ2) is 6.24. The van der Waals surface area contributed by atoms with Gasteiger partial charge < -0.3 is 19.9 Å². The van der Waals surface area contributed by atoms with Crippen molar-refractivity contribution in [2.45, 2.75) is 12.1 Å². The van der Waals surface area contributed by atoms with Crippen molar-refractivity contribution < 1.29 is 4.74 Å². The fourth-order valence-electron chi connectivity index (χ4n) is 2.70. The Labute approximate surface area is 129 Å². The number of hydrogen-bond donors (Lipinski definition) is 2. The Kier molecular flexibility index (Phi) is 4.17. The zero-order chi connectivity index (χ0) is 14.7. The van der Waals surface area contributed by atoms with Crippen molar-refractivity contribution in [3.05, 3.63) is 54.1 Å². The molecule has 2 aromatic rings. The number of aromatic nitrogens is 2. The van der Waals surface area contributed by atoms with Crippen LogP contribution in [0.1, 0.15) is 23.5 Å². The Morgan fingerprint density at radius 2 is 2.24 bits per heavy atom. The maximum atomic E-state index is 5.50. The predicted octanol–water partition coefficient (Wildman–Crippen LogP) is 2.03. The predicted molar refractivity (Wildman–Crippen MR) is 84.8 cm³/mol. The summed E-state index contributed by atoms with van der Waals surface area (Å²) in [5, 5.41) is 4.13. The molecule has 1 aliphatic rings. The molecule has 3 rings (SSSR count). The van der Waals surface area contributed by atoms with Crippen LogP contribution in [0.5, 0.6) is 0 Å². The molecule has 0 spiro atoms. The molecule has 0 aliphatic carbocycles. The Morgan fingerprint density at radius 3 is 2.90 bits per heavy atom. The van der Waals surface area contributed by atoms with Crippen LogP contribution in [-0.4, -0.2) is 40.2 Å². The van der Waals surface area contributed by atoms with Gasteiger partial charge in [-0.15, -0.1) is 0 Å². The number of thiocarbonyl (C=S) groups is 1. The van der Waals surface area contributed by atoms with E-state index in [2.05, 4.69) is 26.3 Å². The molecule has 0 amide bonds. The van der Waals surface area contributed by atoms with E-state index in [9.17, 15) is 0 Å². The number of nitrogens with one attached hydrogen (secondary N) is 2. The topological polar surface area (TPSA) is 53.2 Å². The van der Waals surface area contributed by atoms with Crippen LogP contribution in [0.25, 0.3) is 0 Å². The number of pyridine rings is 1. The highest BCUT2D eigenvalue weighted by Gasteiger charge is 2.39. The van der Waals surface area contributed by atoms with Gasteiger partial charge in [-0.3, -0.25) is 4.98 Å². The first-order valence-electron chi connectivity index (χ1n) is 6.91. The molecule has 0 aromatic carbocycles. The number of H-pyrrole nitrogens is 1. The largest absolute Gasteiger partial charge is 0.383 e. The minimum atomic E-state index is 0.0363. The lowest BCUT2D eigenvalue weighted by Crippen LogP contribution is -2.32. The number of hydrogen-bond acceptors (Lipinski definition) is 3. The van der Waals surface area contributed by atoms with Gasteiger partial charge in [0.2, 0.25) is 0 Å². The van der Waals surface area contributed by atoms with Crippen LogP contribution >= 0.6 is 12.2 Å². The third-order valence-corrected chi connectivity index (χ3v) is 4.03. The Bertz CT molecular complexity index is 587. The average Bonchev–Trinajstić information content (AvgIpc) is 3.13. The molecule has 0 bridgehead atoms. The van der Waals surface area contributed by atoms with Crippen LogP contribution in [0.15, 0.2) is 42.7 Å². The van der Waals surface area contributed by atoms with Crippen LogP contribution in [0.2, 0.25) is 0 Å². The number of rotatable bonds is 5. The van der Waals surface area contributed by atoms with E-state index in [-0.39, 0.29) is 12.1 Å². The van der Waals surface area contributed by atoms with E-state index in [0.29, 0.717) is 6.61 Å².